The summed E-state index contributed by atoms with van der Waals surface area (Å²) in [5.74, 6) is 1.83. The van der Waals surface area contributed by atoms with Crippen LogP contribution < -0.4 is 4.90 Å². The van der Waals surface area contributed by atoms with Gasteiger partial charge in [-0.2, -0.15) is 0 Å². The summed E-state index contributed by atoms with van der Waals surface area (Å²) >= 11 is 0. The Morgan fingerprint density at radius 1 is 0.933 bits per heavy atom. The van der Waals surface area contributed by atoms with Crippen molar-refractivity contribution in [2.45, 2.75) is 6.42 Å². The Morgan fingerprint density at radius 3 is 2.57 bits per heavy atom. The lowest BCUT2D eigenvalue weighted by molar-refractivity contribution is -0.130. The number of carbonyl (C=O) groups excluding carboxylic acids is 1. The normalized spacial score (nSPS) is 14.3. The molecule has 1 amide bonds. The lowest BCUT2D eigenvalue weighted by atomic mass is 10.0. The summed E-state index contributed by atoms with van der Waals surface area (Å²) in [5.41, 5.74) is 1.08. The number of amides is 1. The topological polar surface area (TPSA) is 67.2 Å². The number of hydrogen-bond acceptors (Lipinski definition) is 5. The van der Waals surface area contributed by atoms with Crippen LogP contribution in [0.5, 0.6) is 0 Å². The molecule has 0 atom stereocenters. The summed E-state index contributed by atoms with van der Waals surface area (Å²) in [5, 5.41) is 2.32. The number of carbonyl (C=O) groups is 1. The van der Waals surface area contributed by atoms with Crippen LogP contribution >= 0.6 is 0 Å². The van der Waals surface area contributed by atoms with Crippen molar-refractivity contribution in [2.75, 3.05) is 31.1 Å². The summed E-state index contributed by atoms with van der Waals surface area (Å²) in [7, 11) is 0. The molecule has 0 radical (unpaired) electrons. The minimum Gasteiger partial charge on any atom is -0.353 e. The van der Waals surface area contributed by atoms with E-state index in [1.807, 2.05) is 39.9 Å². The van der Waals surface area contributed by atoms with E-state index in [0.29, 0.717) is 19.5 Å². The van der Waals surface area contributed by atoms with Crippen LogP contribution in [0.15, 0.2) is 73.6 Å². The Kier molecular flexibility index (Phi) is 4.85. The first kappa shape index (κ1) is 18.3. The molecule has 0 bridgehead atoms. The standard InChI is InChI=1S/C23H22N6O/c30-23(14-19-6-3-5-18-4-1-2-7-20(18)19)28-12-10-27(11-13-28)21-15-22(26-16-25-21)29-9-8-24-17-29/h1-9,15-17H,10-14H2. The maximum atomic E-state index is 12.9. The molecule has 1 aliphatic heterocycles. The highest BCUT2D eigenvalue weighted by molar-refractivity contribution is 5.90. The molecule has 0 saturated carbocycles. The van der Waals surface area contributed by atoms with E-state index >= 15 is 0 Å². The fraction of sp³-hybridized carbons (Fsp3) is 0.217. The van der Waals surface area contributed by atoms with E-state index in [0.717, 1.165) is 35.7 Å². The highest BCUT2D eigenvalue weighted by atomic mass is 16.2. The van der Waals surface area contributed by atoms with Crippen LogP contribution in [0.1, 0.15) is 5.56 Å². The summed E-state index contributed by atoms with van der Waals surface area (Å²) < 4.78 is 1.86. The molecular weight excluding hydrogens is 376 g/mol. The molecule has 150 valence electrons. The van der Waals surface area contributed by atoms with Crippen molar-refractivity contribution in [3.8, 4) is 5.82 Å². The lowest BCUT2D eigenvalue weighted by Gasteiger charge is -2.35. The van der Waals surface area contributed by atoms with E-state index in [2.05, 4.69) is 44.1 Å². The maximum Gasteiger partial charge on any atom is 0.227 e. The highest BCUT2D eigenvalue weighted by Gasteiger charge is 2.22. The van der Waals surface area contributed by atoms with Gasteiger partial charge in [0.15, 0.2) is 0 Å². The largest absolute Gasteiger partial charge is 0.353 e. The number of aromatic nitrogens is 4. The van der Waals surface area contributed by atoms with Crippen LogP contribution in [0.2, 0.25) is 0 Å². The minimum atomic E-state index is 0.174. The predicted molar refractivity (Wildman–Crippen MR) is 116 cm³/mol. The molecule has 4 aromatic rings. The van der Waals surface area contributed by atoms with Gasteiger partial charge in [0, 0.05) is 44.6 Å². The van der Waals surface area contributed by atoms with E-state index in [1.54, 1.807) is 18.9 Å². The molecule has 5 rings (SSSR count). The van der Waals surface area contributed by atoms with Crippen LogP contribution in [0.25, 0.3) is 16.6 Å². The van der Waals surface area contributed by atoms with Crippen molar-refractivity contribution in [2.24, 2.45) is 0 Å². The van der Waals surface area contributed by atoms with Crippen LogP contribution in [0, 0.1) is 0 Å². The first-order chi connectivity index (χ1) is 14.8. The van der Waals surface area contributed by atoms with Gasteiger partial charge in [-0.05, 0) is 16.3 Å². The van der Waals surface area contributed by atoms with Crippen molar-refractivity contribution in [1.29, 1.82) is 0 Å². The second kappa shape index (κ2) is 7.94. The lowest BCUT2D eigenvalue weighted by Crippen LogP contribution is -2.49. The summed E-state index contributed by atoms with van der Waals surface area (Å²) in [6, 6.07) is 16.3. The van der Waals surface area contributed by atoms with Crippen molar-refractivity contribution < 1.29 is 4.79 Å². The van der Waals surface area contributed by atoms with Gasteiger partial charge < -0.3 is 9.80 Å². The summed E-state index contributed by atoms with van der Waals surface area (Å²) in [6.45, 7) is 2.88. The molecule has 1 fully saturated rings. The van der Waals surface area contributed by atoms with E-state index in [1.165, 1.54) is 5.39 Å². The van der Waals surface area contributed by atoms with E-state index in [4.69, 9.17) is 0 Å². The van der Waals surface area contributed by atoms with Crippen molar-refractivity contribution in [3.63, 3.8) is 0 Å². The molecular formula is C23H22N6O. The third-order valence-corrected chi connectivity index (χ3v) is 5.59. The average Bonchev–Trinajstić information content (AvgIpc) is 3.35. The third kappa shape index (κ3) is 3.61. The van der Waals surface area contributed by atoms with Crippen LogP contribution in [-0.4, -0.2) is 56.5 Å². The second-order valence-corrected chi connectivity index (χ2v) is 7.39. The molecule has 1 saturated heterocycles. The van der Waals surface area contributed by atoms with E-state index in [9.17, 15) is 4.79 Å². The Balaban J connectivity index is 1.25. The number of imidazole rings is 1. The molecule has 2 aromatic carbocycles. The average molecular weight is 398 g/mol. The molecule has 0 aliphatic carbocycles. The number of nitrogens with zero attached hydrogens (tertiary/aromatic N) is 6. The highest BCUT2D eigenvalue weighted by Crippen LogP contribution is 2.21. The molecule has 2 aromatic heterocycles. The number of benzene rings is 2. The van der Waals surface area contributed by atoms with Gasteiger partial charge in [0.05, 0.1) is 6.42 Å². The van der Waals surface area contributed by atoms with E-state index < -0.39 is 0 Å². The number of hydrogen-bond donors (Lipinski definition) is 0. The fourth-order valence-electron chi connectivity index (χ4n) is 3.95. The van der Waals surface area contributed by atoms with Crippen molar-refractivity contribution >= 4 is 22.5 Å². The second-order valence-electron chi connectivity index (χ2n) is 7.39. The molecule has 7 nitrogen and oxygen atoms in total. The Morgan fingerprint density at radius 2 is 1.73 bits per heavy atom. The molecule has 0 spiro atoms. The Labute approximate surface area is 174 Å². The van der Waals surface area contributed by atoms with Gasteiger partial charge in [-0.3, -0.25) is 9.36 Å². The number of anilines is 1. The van der Waals surface area contributed by atoms with Crippen LogP contribution in [-0.2, 0) is 11.2 Å². The first-order valence-electron chi connectivity index (χ1n) is 10.1. The minimum absolute atomic E-state index is 0.174. The van der Waals surface area contributed by atoms with E-state index in [-0.39, 0.29) is 5.91 Å². The molecule has 0 N–H and O–H groups in total. The monoisotopic (exact) mass is 398 g/mol. The summed E-state index contributed by atoms with van der Waals surface area (Å²) in [6.07, 6.45) is 7.30. The molecule has 1 aliphatic rings. The third-order valence-electron chi connectivity index (χ3n) is 5.59. The van der Waals surface area contributed by atoms with Crippen molar-refractivity contribution in [3.05, 3.63) is 79.1 Å². The Hall–Kier alpha value is -3.74. The summed E-state index contributed by atoms with van der Waals surface area (Å²) in [4.78, 5) is 29.9. The number of rotatable bonds is 4. The zero-order chi connectivity index (χ0) is 20.3. The quantitative estimate of drug-likeness (QED) is 0.529. The van der Waals surface area contributed by atoms with Crippen LogP contribution in [0.4, 0.5) is 5.82 Å². The molecule has 3 heterocycles. The van der Waals surface area contributed by atoms with Crippen LogP contribution in [0.3, 0.4) is 0 Å². The molecule has 0 unspecified atom stereocenters. The predicted octanol–water partition coefficient (Wildman–Crippen LogP) is 2.71. The van der Waals surface area contributed by atoms with Gasteiger partial charge in [0.2, 0.25) is 5.91 Å². The zero-order valence-corrected chi connectivity index (χ0v) is 16.6. The van der Waals surface area contributed by atoms with Crippen molar-refractivity contribution in [1.82, 2.24) is 24.4 Å². The van der Waals surface area contributed by atoms with Gasteiger partial charge in [-0.25, -0.2) is 15.0 Å². The molecule has 7 heteroatoms. The number of fused-ring (bicyclic) bond motifs is 1. The zero-order valence-electron chi connectivity index (χ0n) is 16.6. The number of piperazine rings is 1. The van der Waals surface area contributed by atoms with Gasteiger partial charge >= 0.3 is 0 Å². The first-order valence-corrected chi connectivity index (χ1v) is 10.1. The van der Waals surface area contributed by atoms with Gasteiger partial charge in [0.1, 0.15) is 24.3 Å². The van der Waals surface area contributed by atoms with Gasteiger partial charge in [-0.1, -0.05) is 42.5 Å². The smallest absolute Gasteiger partial charge is 0.227 e. The Bertz CT molecular complexity index is 1160. The van der Waals surface area contributed by atoms with Gasteiger partial charge in [0.25, 0.3) is 0 Å². The molecule has 30 heavy (non-hydrogen) atoms. The maximum absolute atomic E-state index is 12.9. The van der Waals surface area contributed by atoms with Gasteiger partial charge in [-0.15, -0.1) is 0 Å². The SMILES string of the molecule is O=C(Cc1cccc2ccccc12)N1CCN(c2cc(-n3ccnc3)ncn2)CC1. The fourth-order valence-corrected chi connectivity index (χ4v) is 3.95.